The molecule has 28 heavy (non-hydrogen) atoms. The van der Waals surface area contributed by atoms with Gasteiger partial charge in [0, 0.05) is 32.4 Å². The SMILES string of the molecule is CCN1CC(c2ccccc2)CC2(CCN(c3ncnc4[nH]ccc34)CC2)C1. The predicted octanol–water partition coefficient (Wildman–Crippen LogP) is 4.05. The molecule has 2 fully saturated rings. The van der Waals surface area contributed by atoms with E-state index in [4.69, 9.17) is 0 Å². The number of nitrogens with zero attached hydrogens (tertiary/aromatic N) is 4. The van der Waals surface area contributed by atoms with Gasteiger partial charge in [-0.05, 0) is 48.8 Å². The summed E-state index contributed by atoms with van der Waals surface area (Å²) in [5, 5.41) is 1.14. The maximum Gasteiger partial charge on any atom is 0.142 e. The molecule has 146 valence electrons. The Labute approximate surface area is 166 Å². The van der Waals surface area contributed by atoms with Crippen molar-refractivity contribution in [3.05, 3.63) is 54.5 Å². The molecule has 0 aliphatic carbocycles. The van der Waals surface area contributed by atoms with Crippen LogP contribution in [0.3, 0.4) is 0 Å². The van der Waals surface area contributed by atoms with Gasteiger partial charge in [-0.1, -0.05) is 37.3 Å². The van der Waals surface area contributed by atoms with E-state index in [1.807, 2.05) is 6.20 Å². The van der Waals surface area contributed by atoms with E-state index in [0.29, 0.717) is 11.3 Å². The average Bonchev–Trinajstić information content (AvgIpc) is 3.24. The second-order valence-corrected chi connectivity index (χ2v) is 8.56. The second kappa shape index (κ2) is 7.21. The van der Waals surface area contributed by atoms with E-state index >= 15 is 0 Å². The van der Waals surface area contributed by atoms with Crippen molar-refractivity contribution in [3.8, 4) is 0 Å². The number of anilines is 1. The molecule has 1 aromatic carbocycles. The molecular formula is C23H29N5. The van der Waals surface area contributed by atoms with Gasteiger partial charge in [0.25, 0.3) is 0 Å². The summed E-state index contributed by atoms with van der Waals surface area (Å²) in [5.74, 6) is 1.74. The number of likely N-dealkylation sites (tertiary alicyclic amines) is 1. The number of likely N-dealkylation sites (N-methyl/N-ethyl adjacent to an activating group) is 1. The third-order valence-electron chi connectivity index (χ3n) is 6.89. The number of hydrogen-bond donors (Lipinski definition) is 1. The van der Waals surface area contributed by atoms with Gasteiger partial charge in [0.1, 0.15) is 17.8 Å². The van der Waals surface area contributed by atoms with E-state index < -0.39 is 0 Å². The van der Waals surface area contributed by atoms with Crippen LogP contribution in [0.1, 0.15) is 37.7 Å². The van der Waals surface area contributed by atoms with Crippen LogP contribution < -0.4 is 4.90 Å². The summed E-state index contributed by atoms with van der Waals surface area (Å²) in [6, 6.07) is 13.2. The smallest absolute Gasteiger partial charge is 0.142 e. The Hall–Kier alpha value is -2.40. The van der Waals surface area contributed by atoms with E-state index in [2.05, 4.69) is 68.1 Å². The summed E-state index contributed by atoms with van der Waals surface area (Å²) in [6.07, 6.45) is 7.43. The molecule has 5 nitrogen and oxygen atoms in total. The summed E-state index contributed by atoms with van der Waals surface area (Å²) in [5.41, 5.74) is 2.87. The first-order valence-electron chi connectivity index (χ1n) is 10.6. The lowest BCUT2D eigenvalue weighted by molar-refractivity contribution is 0.0543. The Morgan fingerprint density at radius 2 is 1.93 bits per heavy atom. The Balaban J connectivity index is 1.36. The van der Waals surface area contributed by atoms with Gasteiger partial charge < -0.3 is 14.8 Å². The fourth-order valence-electron chi connectivity index (χ4n) is 5.36. The van der Waals surface area contributed by atoms with Crippen LogP contribution in [0.2, 0.25) is 0 Å². The highest BCUT2D eigenvalue weighted by molar-refractivity contribution is 5.87. The highest BCUT2D eigenvalue weighted by Crippen LogP contribution is 2.45. The normalized spacial score (nSPS) is 22.8. The molecule has 5 rings (SSSR count). The maximum atomic E-state index is 4.61. The van der Waals surface area contributed by atoms with Crippen molar-refractivity contribution < 1.29 is 0 Å². The maximum absolute atomic E-state index is 4.61. The first kappa shape index (κ1) is 17.7. The molecule has 0 bridgehead atoms. The minimum absolute atomic E-state index is 0.426. The van der Waals surface area contributed by atoms with Crippen LogP contribution in [0.25, 0.3) is 11.0 Å². The molecule has 4 heterocycles. The third kappa shape index (κ3) is 3.18. The third-order valence-corrected chi connectivity index (χ3v) is 6.89. The molecule has 2 saturated heterocycles. The lowest BCUT2D eigenvalue weighted by atomic mass is 9.68. The Morgan fingerprint density at radius 1 is 1.11 bits per heavy atom. The highest BCUT2D eigenvalue weighted by atomic mass is 15.2. The van der Waals surface area contributed by atoms with E-state index in [1.165, 1.54) is 37.9 Å². The van der Waals surface area contributed by atoms with Crippen LogP contribution in [-0.2, 0) is 0 Å². The van der Waals surface area contributed by atoms with E-state index in [1.54, 1.807) is 6.33 Å². The molecule has 1 atom stereocenters. The first-order chi connectivity index (χ1) is 13.8. The molecule has 2 aliphatic heterocycles. The van der Waals surface area contributed by atoms with Gasteiger partial charge in [0.2, 0.25) is 0 Å². The summed E-state index contributed by atoms with van der Waals surface area (Å²) < 4.78 is 0. The van der Waals surface area contributed by atoms with Crippen molar-refractivity contribution in [2.45, 2.75) is 32.1 Å². The monoisotopic (exact) mass is 375 g/mol. The van der Waals surface area contributed by atoms with Crippen molar-refractivity contribution in [2.24, 2.45) is 5.41 Å². The minimum Gasteiger partial charge on any atom is -0.356 e. The molecule has 0 amide bonds. The van der Waals surface area contributed by atoms with Gasteiger partial charge >= 0.3 is 0 Å². The predicted molar refractivity (Wildman–Crippen MR) is 114 cm³/mol. The van der Waals surface area contributed by atoms with Crippen LogP contribution in [0.5, 0.6) is 0 Å². The van der Waals surface area contributed by atoms with Gasteiger partial charge in [-0.2, -0.15) is 0 Å². The van der Waals surface area contributed by atoms with Crippen molar-refractivity contribution in [1.82, 2.24) is 19.9 Å². The van der Waals surface area contributed by atoms with Crippen LogP contribution in [0, 0.1) is 5.41 Å². The summed E-state index contributed by atoms with van der Waals surface area (Å²) in [4.78, 5) is 17.3. The summed E-state index contributed by atoms with van der Waals surface area (Å²) >= 11 is 0. The Bertz CT molecular complexity index is 926. The number of aromatic nitrogens is 3. The molecule has 0 radical (unpaired) electrons. The van der Waals surface area contributed by atoms with Crippen molar-refractivity contribution in [1.29, 1.82) is 0 Å². The highest BCUT2D eigenvalue weighted by Gasteiger charge is 2.42. The fourth-order valence-corrected chi connectivity index (χ4v) is 5.36. The van der Waals surface area contributed by atoms with Crippen molar-refractivity contribution in [3.63, 3.8) is 0 Å². The molecule has 1 unspecified atom stereocenters. The van der Waals surface area contributed by atoms with E-state index in [0.717, 1.165) is 36.5 Å². The zero-order valence-corrected chi connectivity index (χ0v) is 16.6. The molecule has 1 spiro atoms. The number of fused-ring (bicyclic) bond motifs is 1. The topological polar surface area (TPSA) is 48.1 Å². The minimum atomic E-state index is 0.426. The molecule has 1 N–H and O–H groups in total. The molecule has 5 heteroatoms. The van der Waals surface area contributed by atoms with Crippen LogP contribution in [-0.4, -0.2) is 52.6 Å². The first-order valence-corrected chi connectivity index (χ1v) is 10.6. The van der Waals surface area contributed by atoms with Gasteiger partial charge in [-0.3, -0.25) is 0 Å². The van der Waals surface area contributed by atoms with E-state index in [-0.39, 0.29) is 0 Å². The zero-order chi connectivity index (χ0) is 19.0. The lowest BCUT2D eigenvalue weighted by Crippen LogP contribution is -2.51. The number of benzene rings is 1. The van der Waals surface area contributed by atoms with Gasteiger partial charge in [-0.15, -0.1) is 0 Å². The molecule has 2 aliphatic rings. The van der Waals surface area contributed by atoms with Gasteiger partial charge in [0.05, 0.1) is 5.39 Å². The largest absolute Gasteiger partial charge is 0.356 e. The molecule has 3 aromatic rings. The van der Waals surface area contributed by atoms with Crippen LogP contribution >= 0.6 is 0 Å². The molecule has 2 aromatic heterocycles. The number of aromatic amines is 1. The number of hydrogen-bond acceptors (Lipinski definition) is 4. The number of H-pyrrole nitrogens is 1. The Morgan fingerprint density at radius 3 is 2.71 bits per heavy atom. The summed E-state index contributed by atoms with van der Waals surface area (Å²) in [7, 11) is 0. The van der Waals surface area contributed by atoms with Gasteiger partial charge in [0.15, 0.2) is 0 Å². The quantitative estimate of drug-likeness (QED) is 0.750. The van der Waals surface area contributed by atoms with Crippen LogP contribution in [0.15, 0.2) is 48.9 Å². The lowest BCUT2D eigenvalue weighted by Gasteiger charge is -2.50. The van der Waals surface area contributed by atoms with Crippen molar-refractivity contribution in [2.75, 3.05) is 37.6 Å². The summed E-state index contributed by atoms with van der Waals surface area (Å²) in [6.45, 7) is 8.04. The second-order valence-electron chi connectivity index (χ2n) is 8.56. The van der Waals surface area contributed by atoms with Crippen LogP contribution in [0.4, 0.5) is 5.82 Å². The Kier molecular flexibility index (Phi) is 4.55. The number of rotatable bonds is 3. The molecular weight excluding hydrogens is 346 g/mol. The van der Waals surface area contributed by atoms with Crippen molar-refractivity contribution >= 4 is 16.9 Å². The number of piperidine rings is 2. The standard InChI is InChI=1S/C23H29N5/c1-2-27-15-19(18-6-4-3-5-7-18)14-23(16-27)9-12-28(13-10-23)22-20-8-11-24-21(20)25-17-26-22/h3-8,11,17,19H,2,9-10,12-16H2,1H3,(H,24,25,26). The molecule has 0 saturated carbocycles. The van der Waals surface area contributed by atoms with Gasteiger partial charge in [-0.25, -0.2) is 9.97 Å². The van der Waals surface area contributed by atoms with E-state index in [9.17, 15) is 0 Å². The number of nitrogens with one attached hydrogen (secondary N) is 1. The average molecular weight is 376 g/mol. The zero-order valence-electron chi connectivity index (χ0n) is 16.6. The fraction of sp³-hybridized carbons (Fsp3) is 0.478.